The summed E-state index contributed by atoms with van der Waals surface area (Å²) in [4.78, 5) is 0. The van der Waals surface area contributed by atoms with Gasteiger partial charge in [0.05, 0.1) is 5.56 Å². The van der Waals surface area contributed by atoms with E-state index in [1.54, 1.807) is 6.92 Å². The number of benzene rings is 1. The van der Waals surface area contributed by atoms with E-state index >= 15 is 0 Å². The van der Waals surface area contributed by atoms with Crippen LogP contribution in [0.5, 0.6) is 5.75 Å². The van der Waals surface area contributed by atoms with Crippen LogP contribution < -0.4 is 0 Å². The van der Waals surface area contributed by atoms with Crippen molar-refractivity contribution < 1.29 is 5.11 Å². The smallest absolute Gasteiger partial charge is 0.133 e. The van der Waals surface area contributed by atoms with Gasteiger partial charge in [-0.3, -0.25) is 0 Å². The molecule has 0 aliphatic carbocycles. The topological polar surface area (TPSA) is 44.0 Å². The van der Waals surface area contributed by atoms with E-state index in [1.807, 2.05) is 6.07 Å². The molecule has 0 fully saturated rings. The lowest BCUT2D eigenvalue weighted by molar-refractivity contribution is 0.473. The maximum Gasteiger partial charge on any atom is 0.133 e. The Morgan fingerprint density at radius 2 is 2.18 bits per heavy atom. The van der Waals surface area contributed by atoms with Gasteiger partial charge in [0.1, 0.15) is 11.8 Å². The molecule has 0 aliphatic heterocycles. The molecular weight excluding hydrogens is 162 g/mol. The Labute approximate surface area is 69.7 Å². The average Bonchev–Trinajstić information content (AvgIpc) is 1.97. The minimum Gasteiger partial charge on any atom is -0.507 e. The molecule has 0 spiro atoms. The summed E-state index contributed by atoms with van der Waals surface area (Å²) in [5, 5.41) is 18.1. The summed E-state index contributed by atoms with van der Waals surface area (Å²) >= 11 is 5.70. The molecule has 0 saturated heterocycles. The Kier molecular flexibility index (Phi) is 2.02. The molecule has 2 nitrogen and oxygen atoms in total. The molecule has 0 unspecified atom stereocenters. The third-order valence-corrected chi connectivity index (χ3v) is 1.80. The molecule has 0 aromatic heterocycles. The molecule has 0 aliphatic rings. The number of phenols is 1. The van der Waals surface area contributed by atoms with Crippen LogP contribution in [0.4, 0.5) is 0 Å². The van der Waals surface area contributed by atoms with Gasteiger partial charge < -0.3 is 5.11 Å². The van der Waals surface area contributed by atoms with Crippen molar-refractivity contribution in [3.8, 4) is 11.8 Å². The van der Waals surface area contributed by atoms with Gasteiger partial charge in [-0.15, -0.1) is 0 Å². The molecule has 0 saturated carbocycles. The highest BCUT2D eigenvalue weighted by Crippen LogP contribution is 2.24. The van der Waals surface area contributed by atoms with Crippen molar-refractivity contribution >= 4 is 11.6 Å². The van der Waals surface area contributed by atoms with Crippen molar-refractivity contribution in [3.63, 3.8) is 0 Å². The summed E-state index contributed by atoms with van der Waals surface area (Å²) in [7, 11) is 0. The minimum atomic E-state index is -0.0191. The van der Waals surface area contributed by atoms with Crippen LogP contribution in [0.3, 0.4) is 0 Å². The molecule has 0 atom stereocenters. The zero-order valence-electron chi connectivity index (χ0n) is 5.93. The van der Waals surface area contributed by atoms with Crippen molar-refractivity contribution in [1.29, 1.82) is 5.26 Å². The highest BCUT2D eigenvalue weighted by Gasteiger charge is 2.03. The first-order valence-corrected chi connectivity index (χ1v) is 3.42. The third-order valence-electron chi connectivity index (χ3n) is 1.40. The van der Waals surface area contributed by atoms with Gasteiger partial charge in [-0.2, -0.15) is 5.26 Å². The standard InChI is InChI=1S/C8H6ClNO/c1-5-2-8(11)6(4-10)3-7(5)9/h2-3,11H,1H3. The molecule has 0 amide bonds. The Hall–Kier alpha value is -1.20. The number of hydrogen-bond acceptors (Lipinski definition) is 2. The molecule has 3 heteroatoms. The zero-order chi connectivity index (χ0) is 8.43. The van der Waals surface area contributed by atoms with E-state index in [1.165, 1.54) is 12.1 Å². The molecule has 56 valence electrons. The van der Waals surface area contributed by atoms with Gasteiger partial charge in [-0.25, -0.2) is 0 Å². The second-order valence-corrected chi connectivity index (χ2v) is 2.64. The molecule has 1 aromatic carbocycles. The molecule has 0 heterocycles. The van der Waals surface area contributed by atoms with Gasteiger partial charge in [0.25, 0.3) is 0 Å². The second kappa shape index (κ2) is 2.81. The molecule has 0 bridgehead atoms. The molecule has 0 radical (unpaired) electrons. The van der Waals surface area contributed by atoms with E-state index in [-0.39, 0.29) is 11.3 Å². The maximum atomic E-state index is 9.13. The maximum absolute atomic E-state index is 9.13. The van der Waals surface area contributed by atoms with E-state index in [0.29, 0.717) is 5.02 Å². The van der Waals surface area contributed by atoms with Crippen LogP contribution in [0, 0.1) is 18.3 Å². The highest BCUT2D eigenvalue weighted by atomic mass is 35.5. The van der Waals surface area contributed by atoms with Gasteiger partial charge in [0.2, 0.25) is 0 Å². The summed E-state index contributed by atoms with van der Waals surface area (Å²) in [5.41, 5.74) is 0.976. The average molecular weight is 168 g/mol. The van der Waals surface area contributed by atoms with Gasteiger partial charge in [-0.1, -0.05) is 11.6 Å². The number of nitrogens with zero attached hydrogens (tertiary/aromatic N) is 1. The van der Waals surface area contributed by atoms with Gasteiger partial charge in [-0.05, 0) is 24.6 Å². The van der Waals surface area contributed by atoms with Crippen molar-refractivity contribution in [2.24, 2.45) is 0 Å². The van der Waals surface area contributed by atoms with Crippen LogP contribution >= 0.6 is 11.6 Å². The van der Waals surface area contributed by atoms with E-state index < -0.39 is 0 Å². The van der Waals surface area contributed by atoms with Gasteiger partial charge in [0.15, 0.2) is 0 Å². The van der Waals surface area contributed by atoms with Crippen LogP contribution in [-0.4, -0.2) is 5.11 Å². The van der Waals surface area contributed by atoms with Crippen molar-refractivity contribution in [2.75, 3.05) is 0 Å². The Balaban J connectivity index is 3.35. The quantitative estimate of drug-likeness (QED) is 0.644. The number of rotatable bonds is 0. The van der Waals surface area contributed by atoms with Crippen LogP contribution in [0.25, 0.3) is 0 Å². The number of phenolic OH excluding ortho intramolecular Hbond substituents is 1. The predicted molar refractivity (Wildman–Crippen MR) is 42.6 cm³/mol. The monoisotopic (exact) mass is 167 g/mol. The minimum absolute atomic E-state index is 0.0191. The lowest BCUT2D eigenvalue weighted by atomic mass is 10.1. The lowest BCUT2D eigenvalue weighted by Gasteiger charge is -1.99. The van der Waals surface area contributed by atoms with Crippen molar-refractivity contribution in [1.82, 2.24) is 0 Å². The fourth-order valence-electron chi connectivity index (χ4n) is 0.756. The third kappa shape index (κ3) is 1.44. The molecule has 1 rings (SSSR count). The fourth-order valence-corrected chi connectivity index (χ4v) is 0.919. The summed E-state index contributed by atoms with van der Waals surface area (Å²) in [6, 6.07) is 4.75. The second-order valence-electron chi connectivity index (χ2n) is 2.23. The summed E-state index contributed by atoms with van der Waals surface area (Å²) in [6.07, 6.45) is 0. The zero-order valence-corrected chi connectivity index (χ0v) is 6.68. The number of nitriles is 1. The van der Waals surface area contributed by atoms with Gasteiger partial charge >= 0.3 is 0 Å². The van der Waals surface area contributed by atoms with E-state index in [2.05, 4.69) is 0 Å². The molecule has 11 heavy (non-hydrogen) atoms. The summed E-state index contributed by atoms with van der Waals surface area (Å²) < 4.78 is 0. The predicted octanol–water partition coefficient (Wildman–Crippen LogP) is 2.23. The normalized spacial score (nSPS) is 9.18. The highest BCUT2D eigenvalue weighted by molar-refractivity contribution is 6.31. The molecule has 1 N–H and O–H groups in total. The number of halogens is 1. The Morgan fingerprint density at radius 1 is 1.55 bits per heavy atom. The summed E-state index contributed by atoms with van der Waals surface area (Å²) in [5.74, 6) is -0.0191. The van der Waals surface area contributed by atoms with Crippen molar-refractivity contribution in [2.45, 2.75) is 6.92 Å². The number of hydrogen-bond donors (Lipinski definition) is 1. The first-order valence-electron chi connectivity index (χ1n) is 3.04. The largest absolute Gasteiger partial charge is 0.507 e. The van der Waals surface area contributed by atoms with Crippen LogP contribution in [0.1, 0.15) is 11.1 Å². The molecule has 1 aromatic rings. The Morgan fingerprint density at radius 3 is 2.73 bits per heavy atom. The van der Waals surface area contributed by atoms with E-state index in [9.17, 15) is 0 Å². The van der Waals surface area contributed by atoms with Gasteiger partial charge in [0, 0.05) is 5.02 Å². The Bertz CT molecular complexity index is 328. The SMILES string of the molecule is Cc1cc(O)c(C#N)cc1Cl. The van der Waals surface area contributed by atoms with Crippen LogP contribution in [0.15, 0.2) is 12.1 Å². The lowest BCUT2D eigenvalue weighted by Crippen LogP contribution is -1.80. The number of aryl methyl sites for hydroxylation is 1. The fraction of sp³-hybridized carbons (Fsp3) is 0.125. The number of aromatic hydroxyl groups is 1. The first-order chi connectivity index (χ1) is 5.15. The van der Waals surface area contributed by atoms with E-state index in [4.69, 9.17) is 22.0 Å². The van der Waals surface area contributed by atoms with Crippen LogP contribution in [-0.2, 0) is 0 Å². The summed E-state index contributed by atoms with van der Waals surface area (Å²) in [6.45, 7) is 1.77. The first kappa shape index (κ1) is 7.90. The van der Waals surface area contributed by atoms with Crippen LogP contribution in [0.2, 0.25) is 5.02 Å². The molecular formula is C8H6ClNO. The van der Waals surface area contributed by atoms with Crippen molar-refractivity contribution in [3.05, 3.63) is 28.3 Å². The van der Waals surface area contributed by atoms with E-state index in [0.717, 1.165) is 5.56 Å².